The molecule has 4 heteroatoms. The van der Waals surface area contributed by atoms with Crippen LogP contribution in [0.15, 0.2) is 40.9 Å². The molecule has 124 valence electrons. The zero-order valence-corrected chi connectivity index (χ0v) is 14.1. The molecule has 4 nitrogen and oxygen atoms in total. The Morgan fingerprint density at radius 2 is 2.09 bits per heavy atom. The van der Waals surface area contributed by atoms with Crippen LogP contribution in [-0.4, -0.2) is 42.9 Å². The zero-order chi connectivity index (χ0) is 16.1. The van der Waals surface area contributed by atoms with Crippen molar-refractivity contribution in [2.45, 2.75) is 32.3 Å². The minimum atomic E-state index is 0.289. The fourth-order valence-electron chi connectivity index (χ4n) is 3.50. The summed E-state index contributed by atoms with van der Waals surface area (Å²) in [5.41, 5.74) is 2.37. The number of rotatable bonds is 7. The molecule has 1 aliphatic heterocycles. The number of hydrogen-bond acceptors (Lipinski definition) is 4. The number of methoxy groups -OCH3 is 1. The average Bonchev–Trinajstić information content (AvgIpc) is 3.15. The van der Waals surface area contributed by atoms with Crippen LogP contribution in [0.25, 0.3) is 0 Å². The summed E-state index contributed by atoms with van der Waals surface area (Å²) in [6.07, 6.45) is 3.53. The van der Waals surface area contributed by atoms with E-state index in [0.29, 0.717) is 5.92 Å². The van der Waals surface area contributed by atoms with Gasteiger partial charge in [0.05, 0.1) is 11.8 Å². The van der Waals surface area contributed by atoms with Crippen LogP contribution in [0.5, 0.6) is 0 Å². The van der Waals surface area contributed by atoms with Crippen molar-refractivity contribution in [2.24, 2.45) is 5.92 Å². The summed E-state index contributed by atoms with van der Waals surface area (Å²) < 4.78 is 11.1. The second-order valence-electron chi connectivity index (χ2n) is 6.52. The van der Waals surface area contributed by atoms with Crippen LogP contribution in [0.3, 0.4) is 0 Å². The Kier molecular flexibility index (Phi) is 5.47. The number of hydrogen-bond donors (Lipinski definition) is 0. The van der Waals surface area contributed by atoms with Gasteiger partial charge in [0.15, 0.2) is 0 Å². The van der Waals surface area contributed by atoms with Crippen molar-refractivity contribution in [3.63, 3.8) is 0 Å². The fourth-order valence-corrected chi connectivity index (χ4v) is 3.50. The molecule has 2 aromatic rings. The molecule has 0 unspecified atom stereocenters. The van der Waals surface area contributed by atoms with Crippen molar-refractivity contribution in [2.75, 3.05) is 26.7 Å². The predicted molar refractivity (Wildman–Crippen MR) is 90.4 cm³/mol. The molecular weight excluding hydrogens is 288 g/mol. The van der Waals surface area contributed by atoms with Crippen LogP contribution in [-0.2, 0) is 17.6 Å². The van der Waals surface area contributed by atoms with E-state index >= 15 is 0 Å². The molecule has 23 heavy (non-hydrogen) atoms. The van der Waals surface area contributed by atoms with E-state index in [0.717, 1.165) is 43.9 Å². The van der Waals surface area contributed by atoms with Crippen LogP contribution in [0.1, 0.15) is 23.4 Å². The molecule has 3 rings (SSSR count). The molecule has 2 atom stereocenters. The van der Waals surface area contributed by atoms with Crippen LogP contribution >= 0.6 is 0 Å². The SMILES string of the molecule is CO[C@H]1CN(CCCc2ccccc2)C[C@H]1Cc1cc(C)no1. The van der Waals surface area contributed by atoms with Gasteiger partial charge >= 0.3 is 0 Å². The van der Waals surface area contributed by atoms with Crippen molar-refractivity contribution in [3.05, 3.63) is 53.4 Å². The maximum atomic E-state index is 5.69. The first kappa shape index (κ1) is 16.2. The first-order chi connectivity index (χ1) is 11.2. The topological polar surface area (TPSA) is 38.5 Å². The first-order valence-electron chi connectivity index (χ1n) is 8.46. The van der Waals surface area contributed by atoms with E-state index in [1.165, 1.54) is 12.0 Å². The summed E-state index contributed by atoms with van der Waals surface area (Å²) in [5, 5.41) is 3.98. The monoisotopic (exact) mass is 314 g/mol. The third-order valence-corrected chi connectivity index (χ3v) is 4.68. The Hall–Kier alpha value is -1.65. The molecule has 2 heterocycles. The lowest BCUT2D eigenvalue weighted by Crippen LogP contribution is -2.24. The highest BCUT2D eigenvalue weighted by molar-refractivity contribution is 5.14. The molecule has 1 aliphatic rings. The minimum Gasteiger partial charge on any atom is -0.380 e. The van der Waals surface area contributed by atoms with Gasteiger partial charge in [-0.3, -0.25) is 0 Å². The van der Waals surface area contributed by atoms with E-state index in [-0.39, 0.29) is 6.10 Å². The van der Waals surface area contributed by atoms with Gasteiger partial charge in [-0.05, 0) is 31.9 Å². The molecule has 0 aliphatic carbocycles. The second kappa shape index (κ2) is 7.75. The molecule has 0 radical (unpaired) electrons. The fraction of sp³-hybridized carbons (Fsp3) is 0.526. The quantitative estimate of drug-likeness (QED) is 0.787. The van der Waals surface area contributed by atoms with Crippen LogP contribution in [0.4, 0.5) is 0 Å². The lowest BCUT2D eigenvalue weighted by atomic mass is 10.0. The Bertz CT molecular complexity index is 596. The highest BCUT2D eigenvalue weighted by Gasteiger charge is 2.33. The first-order valence-corrected chi connectivity index (χ1v) is 8.46. The minimum absolute atomic E-state index is 0.289. The van der Waals surface area contributed by atoms with E-state index in [4.69, 9.17) is 9.26 Å². The van der Waals surface area contributed by atoms with Crippen molar-refractivity contribution >= 4 is 0 Å². The van der Waals surface area contributed by atoms with E-state index in [1.54, 1.807) is 0 Å². The molecule has 1 aromatic heterocycles. The van der Waals surface area contributed by atoms with E-state index in [1.807, 2.05) is 20.1 Å². The maximum Gasteiger partial charge on any atom is 0.137 e. The van der Waals surface area contributed by atoms with Crippen molar-refractivity contribution in [1.29, 1.82) is 0 Å². The Balaban J connectivity index is 1.48. The van der Waals surface area contributed by atoms with Crippen molar-refractivity contribution in [1.82, 2.24) is 10.1 Å². The highest BCUT2D eigenvalue weighted by Crippen LogP contribution is 2.24. The largest absolute Gasteiger partial charge is 0.380 e. The lowest BCUT2D eigenvalue weighted by Gasteiger charge is -2.15. The van der Waals surface area contributed by atoms with E-state index in [2.05, 4.69) is 40.4 Å². The predicted octanol–water partition coefficient (Wildman–Crippen LogP) is 3.11. The number of ether oxygens (including phenoxy) is 1. The Labute approximate surface area is 138 Å². The summed E-state index contributed by atoms with van der Waals surface area (Å²) >= 11 is 0. The zero-order valence-electron chi connectivity index (χ0n) is 14.1. The maximum absolute atomic E-state index is 5.69. The van der Waals surface area contributed by atoms with Gasteiger partial charge in [0.25, 0.3) is 0 Å². The lowest BCUT2D eigenvalue weighted by molar-refractivity contribution is 0.0764. The number of nitrogens with zero attached hydrogens (tertiary/aromatic N) is 2. The Morgan fingerprint density at radius 3 is 2.78 bits per heavy atom. The molecule has 1 aromatic carbocycles. The molecule has 0 bridgehead atoms. The van der Waals surface area contributed by atoms with Gasteiger partial charge in [-0.2, -0.15) is 0 Å². The van der Waals surface area contributed by atoms with Gasteiger partial charge in [-0.1, -0.05) is 35.5 Å². The average molecular weight is 314 g/mol. The molecule has 0 saturated carbocycles. The summed E-state index contributed by atoms with van der Waals surface area (Å²) in [4.78, 5) is 2.52. The van der Waals surface area contributed by atoms with Gasteiger partial charge < -0.3 is 14.2 Å². The van der Waals surface area contributed by atoms with Crippen LogP contribution < -0.4 is 0 Å². The summed E-state index contributed by atoms with van der Waals surface area (Å²) in [6.45, 7) is 5.18. The van der Waals surface area contributed by atoms with E-state index < -0.39 is 0 Å². The van der Waals surface area contributed by atoms with Crippen molar-refractivity contribution in [3.8, 4) is 0 Å². The number of likely N-dealkylation sites (tertiary alicyclic amines) is 1. The van der Waals surface area contributed by atoms with Crippen LogP contribution in [0, 0.1) is 12.8 Å². The van der Waals surface area contributed by atoms with Gasteiger partial charge in [-0.15, -0.1) is 0 Å². The highest BCUT2D eigenvalue weighted by atomic mass is 16.5. The molecule has 1 fully saturated rings. The number of benzene rings is 1. The molecule has 1 saturated heterocycles. The molecule has 0 amide bonds. The summed E-state index contributed by atoms with van der Waals surface area (Å²) in [6, 6.07) is 12.7. The smallest absolute Gasteiger partial charge is 0.137 e. The third-order valence-electron chi connectivity index (χ3n) is 4.68. The standard InChI is InChI=1S/C19H26N2O2/c1-15-11-18(23-20-15)12-17-13-21(14-19(17)22-2)10-6-9-16-7-4-3-5-8-16/h3-5,7-8,11,17,19H,6,9-10,12-14H2,1-2H3/t17-,19+/m1/s1. The second-order valence-corrected chi connectivity index (χ2v) is 6.52. The van der Waals surface area contributed by atoms with Gasteiger partial charge in [0, 0.05) is 38.6 Å². The molecular formula is C19H26N2O2. The normalized spacial score (nSPS) is 21.8. The molecule has 0 spiro atoms. The number of aryl methyl sites for hydroxylation is 2. The summed E-state index contributed by atoms with van der Waals surface area (Å²) in [7, 11) is 1.82. The third kappa shape index (κ3) is 4.43. The van der Waals surface area contributed by atoms with Crippen LogP contribution in [0.2, 0.25) is 0 Å². The van der Waals surface area contributed by atoms with E-state index in [9.17, 15) is 0 Å². The van der Waals surface area contributed by atoms with Crippen molar-refractivity contribution < 1.29 is 9.26 Å². The Morgan fingerprint density at radius 1 is 1.26 bits per heavy atom. The van der Waals surface area contributed by atoms with Gasteiger partial charge in [0.2, 0.25) is 0 Å². The van der Waals surface area contributed by atoms with Gasteiger partial charge in [-0.25, -0.2) is 0 Å². The number of aromatic nitrogens is 1. The molecule has 0 N–H and O–H groups in total. The van der Waals surface area contributed by atoms with Gasteiger partial charge in [0.1, 0.15) is 5.76 Å². The summed E-state index contributed by atoms with van der Waals surface area (Å²) in [5.74, 6) is 1.46.